The van der Waals surface area contributed by atoms with Crippen LogP contribution in [0.5, 0.6) is 0 Å². The molecule has 0 bridgehead atoms. The molecule has 12 nitrogen and oxygen atoms in total. The van der Waals surface area contributed by atoms with Gasteiger partial charge in [0.25, 0.3) is 0 Å². The van der Waals surface area contributed by atoms with Crippen LogP contribution in [0.4, 0.5) is 0 Å². The molecule has 0 amide bonds. The third-order valence-corrected chi connectivity index (χ3v) is 2.10. The van der Waals surface area contributed by atoms with Crippen molar-refractivity contribution in [3.8, 4) is 0 Å². The number of hydrogen-bond donors (Lipinski definition) is 6. The summed E-state index contributed by atoms with van der Waals surface area (Å²) in [6, 6.07) is 0. The Morgan fingerprint density at radius 1 is 0.484 bits per heavy atom. The Hall–Kier alpha value is -1.31. The Morgan fingerprint density at radius 2 is 0.710 bits per heavy atom. The molecule has 0 unspecified atom stereocenters. The van der Waals surface area contributed by atoms with E-state index in [2.05, 4.69) is 19.7 Å². The minimum atomic E-state index is -2.62. The Morgan fingerprint density at radius 3 is 0.871 bits per heavy atom. The lowest BCUT2D eigenvalue weighted by molar-refractivity contribution is 0.0602. The van der Waals surface area contributed by atoms with Gasteiger partial charge in [-0.1, -0.05) is 19.7 Å². The molecule has 6 N–H and O–H groups in total. The lowest BCUT2D eigenvalue weighted by atomic mass is 10.7. The molecule has 13 heteroatoms. The van der Waals surface area contributed by atoms with Crippen LogP contribution < -0.4 is 0 Å². The molecule has 0 aliphatic rings. The summed E-state index contributed by atoms with van der Waals surface area (Å²) in [4.78, 5) is 21.7. The summed E-state index contributed by atoms with van der Waals surface area (Å²) in [6.07, 6.45) is 4.09. The van der Waals surface area contributed by atoms with Crippen molar-refractivity contribution in [3.63, 3.8) is 0 Å². The van der Waals surface area contributed by atoms with Crippen LogP contribution in [-0.4, -0.2) is 109 Å². The zero-order valence-electron chi connectivity index (χ0n) is 17.9. The van der Waals surface area contributed by atoms with Gasteiger partial charge in [-0.2, -0.15) is 0 Å². The highest BCUT2D eigenvalue weighted by molar-refractivity contribution is 7.38. The maximum atomic E-state index is 8.24. The van der Waals surface area contributed by atoms with Crippen LogP contribution in [0.1, 0.15) is 0 Å². The summed E-state index contributed by atoms with van der Waals surface area (Å²) in [5.41, 5.74) is 0. The first-order chi connectivity index (χ1) is 15.0. The van der Waals surface area contributed by atoms with Gasteiger partial charge in [0.05, 0.1) is 78.2 Å². The Balaban J connectivity index is -0.000000162. The van der Waals surface area contributed by atoms with E-state index in [1.165, 1.54) is 18.8 Å². The number of ether oxygens (including phenoxy) is 6. The van der Waals surface area contributed by atoms with Gasteiger partial charge in [-0.05, 0) is 0 Å². The lowest BCUT2D eigenvalue weighted by Gasteiger charge is -2.00. The van der Waals surface area contributed by atoms with Crippen molar-refractivity contribution in [2.45, 2.75) is 0 Å². The summed E-state index contributed by atoms with van der Waals surface area (Å²) in [5.74, 6) is 0. The number of aliphatic hydroxyl groups excluding tert-OH is 3. The summed E-state index contributed by atoms with van der Waals surface area (Å²) in [6.45, 7) is 14.4. The normalized spacial score (nSPS) is 9.00. The zero-order chi connectivity index (χ0) is 24.4. The third-order valence-electron chi connectivity index (χ3n) is 2.10. The van der Waals surface area contributed by atoms with E-state index in [0.717, 1.165) is 0 Å². The first-order valence-electron chi connectivity index (χ1n) is 9.08. The maximum absolute atomic E-state index is 8.24. The van der Waals surface area contributed by atoms with Gasteiger partial charge in [0.2, 0.25) is 0 Å². The first kappa shape index (κ1) is 37.0. The quantitative estimate of drug-likeness (QED) is 0.0859. The van der Waals surface area contributed by atoms with Crippen molar-refractivity contribution in [2.24, 2.45) is 0 Å². The molecule has 0 spiro atoms. The van der Waals surface area contributed by atoms with Crippen LogP contribution in [0, 0.1) is 0 Å². The standard InChI is InChI=1S/3C6H12O3.H3O3P/c3*1-2-8-5-6-9-4-3-7;1-4(2)3/h3*2,7H,1,3-6H2;1-3H. The van der Waals surface area contributed by atoms with E-state index >= 15 is 0 Å². The predicted octanol–water partition coefficient (Wildman–Crippen LogP) is -0.344. The number of hydrogen-bond acceptors (Lipinski definition) is 12. The average molecular weight is 478 g/mol. The van der Waals surface area contributed by atoms with Gasteiger partial charge in [-0.3, -0.25) is 0 Å². The molecule has 0 rings (SSSR count). The number of rotatable bonds is 18. The Labute approximate surface area is 185 Å². The van der Waals surface area contributed by atoms with E-state index in [0.29, 0.717) is 59.5 Å². The van der Waals surface area contributed by atoms with Crippen molar-refractivity contribution in [3.05, 3.63) is 38.5 Å². The van der Waals surface area contributed by atoms with Crippen molar-refractivity contribution in [1.29, 1.82) is 0 Å². The van der Waals surface area contributed by atoms with Crippen LogP contribution in [0.15, 0.2) is 38.5 Å². The van der Waals surface area contributed by atoms with Crippen LogP contribution >= 0.6 is 8.60 Å². The summed E-state index contributed by atoms with van der Waals surface area (Å²) in [7, 11) is -2.62. The van der Waals surface area contributed by atoms with Gasteiger partial charge in [-0.25, -0.2) is 0 Å². The van der Waals surface area contributed by atoms with Crippen molar-refractivity contribution in [1.82, 2.24) is 0 Å². The van der Waals surface area contributed by atoms with Gasteiger partial charge in [0.15, 0.2) is 0 Å². The van der Waals surface area contributed by atoms with Crippen molar-refractivity contribution in [2.75, 3.05) is 79.3 Å². The fourth-order valence-electron chi connectivity index (χ4n) is 1.07. The second kappa shape index (κ2) is 42.7. The molecule has 31 heavy (non-hydrogen) atoms. The molecule has 0 aromatic carbocycles. The van der Waals surface area contributed by atoms with Gasteiger partial charge in [0, 0.05) is 0 Å². The van der Waals surface area contributed by atoms with Gasteiger partial charge in [0.1, 0.15) is 19.8 Å². The van der Waals surface area contributed by atoms with E-state index in [-0.39, 0.29) is 19.8 Å². The lowest BCUT2D eigenvalue weighted by Crippen LogP contribution is -2.04. The highest BCUT2D eigenvalue weighted by Gasteiger charge is 1.84. The molecule has 0 saturated carbocycles. The third kappa shape index (κ3) is 73.4. The summed E-state index contributed by atoms with van der Waals surface area (Å²) >= 11 is 0. The minimum absolute atomic E-state index is 0.0636. The van der Waals surface area contributed by atoms with E-state index in [1.54, 1.807) is 0 Å². The molecular formula is C18H39O12P. The summed E-state index contributed by atoms with van der Waals surface area (Å²) < 4.78 is 28.8. The molecule has 0 radical (unpaired) electrons. The van der Waals surface area contributed by atoms with Crippen molar-refractivity contribution >= 4 is 8.60 Å². The van der Waals surface area contributed by atoms with Crippen molar-refractivity contribution < 1.29 is 58.4 Å². The van der Waals surface area contributed by atoms with E-state index in [4.69, 9.17) is 58.4 Å². The molecule has 0 atom stereocenters. The van der Waals surface area contributed by atoms with Crippen LogP contribution in [0.25, 0.3) is 0 Å². The molecule has 0 fully saturated rings. The highest BCUT2D eigenvalue weighted by atomic mass is 31.2. The van der Waals surface area contributed by atoms with Crippen LogP contribution in [0.3, 0.4) is 0 Å². The molecule has 0 aliphatic carbocycles. The van der Waals surface area contributed by atoms with Gasteiger partial charge < -0.3 is 58.4 Å². The van der Waals surface area contributed by atoms with Crippen LogP contribution in [-0.2, 0) is 28.4 Å². The molecule has 188 valence electrons. The highest BCUT2D eigenvalue weighted by Crippen LogP contribution is 2.11. The largest absolute Gasteiger partial charge is 0.499 e. The first-order valence-corrected chi connectivity index (χ1v) is 10.3. The second-order valence-corrected chi connectivity index (χ2v) is 4.93. The van der Waals surface area contributed by atoms with Gasteiger partial charge in [-0.15, -0.1) is 0 Å². The topological polar surface area (TPSA) is 177 Å². The average Bonchev–Trinajstić information content (AvgIpc) is 2.74. The van der Waals surface area contributed by atoms with Gasteiger partial charge >= 0.3 is 8.60 Å². The monoisotopic (exact) mass is 478 g/mol. The summed E-state index contributed by atoms with van der Waals surface area (Å²) in [5, 5.41) is 24.7. The predicted molar refractivity (Wildman–Crippen MR) is 116 cm³/mol. The fraction of sp³-hybridized carbons (Fsp3) is 0.667. The van der Waals surface area contributed by atoms with E-state index < -0.39 is 8.60 Å². The molecule has 0 saturated heterocycles. The van der Waals surface area contributed by atoms with Crippen LogP contribution in [0.2, 0.25) is 0 Å². The fourth-order valence-corrected chi connectivity index (χ4v) is 1.07. The molecule has 0 aliphatic heterocycles. The molecule has 0 aromatic rings. The smallest absolute Gasteiger partial charge is 0.324 e. The Bertz CT molecular complexity index is 276. The minimum Gasteiger partial charge on any atom is -0.499 e. The Kier molecular flexibility index (Phi) is 51.0. The maximum Gasteiger partial charge on any atom is 0.324 e. The van der Waals surface area contributed by atoms with E-state index in [1.807, 2.05) is 0 Å². The molecule has 0 heterocycles. The SMILES string of the molecule is C=COCCOCCO.C=COCCOCCO.C=COCCOCCO.OP(O)O. The zero-order valence-corrected chi connectivity index (χ0v) is 18.8. The second-order valence-electron chi connectivity index (χ2n) is 4.39. The molecule has 0 aromatic heterocycles. The number of aliphatic hydroxyl groups is 3. The van der Waals surface area contributed by atoms with E-state index in [9.17, 15) is 0 Å². The molecular weight excluding hydrogens is 439 g/mol.